The molecule has 2 unspecified atom stereocenters. The van der Waals surface area contributed by atoms with Gasteiger partial charge in [-0.15, -0.1) is 0 Å². The summed E-state index contributed by atoms with van der Waals surface area (Å²) in [6.07, 6.45) is 1.36. The second-order valence-corrected chi connectivity index (χ2v) is 4.04. The highest BCUT2D eigenvalue weighted by Crippen LogP contribution is 2.27. The van der Waals surface area contributed by atoms with Crippen LogP contribution in [-0.4, -0.2) is 24.7 Å². The second-order valence-electron chi connectivity index (χ2n) is 4.04. The number of nitrogens with zero attached hydrogens (tertiary/aromatic N) is 1. The molecule has 1 heterocycles. The molecule has 14 heavy (non-hydrogen) atoms. The van der Waals surface area contributed by atoms with Crippen LogP contribution >= 0.6 is 0 Å². The van der Waals surface area contributed by atoms with Crippen LogP contribution < -0.4 is 0 Å². The van der Waals surface area contributed by atoms with E-state index in [0.717, 1.165) is 13.2 Å². The molecular formula is C12H17NO. The Morgan fingerprint density at radius 2 is 2.00 bits per heavy atom. The zero-order valence-electron chi connectivity index (χ0n) is 8.81. The van der Waals surface area contributed by atoms with Gasteiger partial charge < -0.3 is 4.74 Å². The molecule has 1 aliphatic rings. The minimum Gasteiger partial charge on any atom is -0.358 e. The molecule has 0 radical (unpaired) electrons. The fourth-order valence-corrected chi connectivity index (χ4v) is 1.79. The Morgan fingerprint density at radius 3 is 2.64 bits per heavy atom. The second kappa shape index (κ2) is 4.11. The van der Waals surface area contributed by atoms with Crippen LogP contribution in [0.2, 0.25) is 0 Å². The maximum atomic E-state index is 5.77. The molecule has 1 fully saturated rings. The standard InChI is InChI=1S/C12H17NO/c1-10-8-12(14-9-13(10)2)11-6-4-3-5-7-11/h3-7,10,12H,8-9H2,1-2H3. The van der Waals surface area contributed by atoms with E-state index in [4.69, 9.17) is 4.74 Å². The Hall–Kier alpha value is -0.860. The van der Waals surface area contributed by atoms with Crippen LogP contribution in [0.3, 0.4) is 0 Å². The molecule has 2 rings (SSSR count). The molecule has 0 spiro atoms. The van der Waals surface area contributed by atoms with E-state index < -0.39 is 0 Å². The number of ether oxygens (including phenoxy) is 1. The van der Waals surface area contributed by atoms with Gasteiger partial charge in [0.05, 0.1) is 12.8 Å². The zero-order chi connectivity index (χ0) is 9.97. The van der Waals surface area contributed by atoms with E-state index in [2.05, 4.69) is 43.1 Å². The van der Waals surface area contributed by atoms with Gasteiger partial charge in [0.1, 0.15) is 0 Å². The number of hydrogen-bond donors (Lipinski definition) is 0. The third-order valence-electron chi connectivity index (χ3n) is 2.96. The average Bonchev–Trinajstić information content (AvgIpc) is 2.23. The highest BCUT2D eigenvalue weighted by Gasteiger charge is 2.24. The SMILES string of the molecule is CC1CC(c2ccccc2)OCN1C. The van der Waals surface area contributed by atoms with Gasteiger partial charge in [0.25, 0.3) is 0 Å². The lowest BCUT2D eigenvalue weighted by molar-refractivity contribution is -0.0832. The van der Waals surface area contributed by atoms with E-state index in [1.165, 1.54) is 5.56 Å². The van der Waals surface area contributed by atoms with Gasteiger partial charge in [-0.3, -0.25) is 4.90 Å². The molecule has 0 aromatic heterocycles. The molecule has 2 heteroatoms. The lowest BCUT2D eigenvalue weighted by Gasteiger charge is -2.35. The van der Waals surface area contributed by atoms with Crippen molar-refractivity contribution in [3.63, 3.8) is 0 Å². The molecule has 2 atom stereocenters. The van der Waals surface area contributed by atoms with E-state index in [9.17, 15) is 0 Å². The van der Waals surface area contributed by atoms with Crippen LogP contribution in [0, 0.1) is 0 Å². The minimum absolute atomic E-state index is 0.280. The molecule has 1 aliphatic heterocycles. The van der Waals surface area contributed by atoms with Gasteiger partial charge in [0.15, 0.2) is 0 Å². The molecule has 0 N–H and O–H groups in total. The van der Waals surface area contributed by atoms with E-state index >= 15 is 0 Å². The zero-order valence-corrected chi connectivity index (χ0v) is 8.81. The van der Waals surface area contributed by atoms with Crippen LogP contribution in [0.1, 0.15) is 25.0 Å². The molecule has 1 saturated heterocycles. The summed E-state index contributed by atoms with van der Waals surface area (Å²) in [4.78, 5) is 2.24. The van der Waals surface area contributed by atoms with Crippen molar-refractivity contribution in [1.29, 1.82) is 0 Å². The average molecular weight is 191 g/mol. The third-order valence-corrected chi connectivity index (χ3v) is 2.96. The summed E-state index contributed by atoms with van der Waals surface area (Å²) >= 11 is 0. The number of hydrogen-bond acceptors (Lipinski definition) is 2. The molecule has 76 valence electrons. The Bertz CT molecular complexity index is 286. The third kappa shape index (κ3) is 1.97. The molecule has 0 aliphatic carbocycles. The largest absolute Gasteiger partial charge is 0.358 e. The monoisotopic (exact) mass is 191 g/mol. The molecule has 1 aromatic rings. The maximum Gasteiger partial charge on any atom is 0.0998 e. The predicted molar refractivity (Wildman–Crippen MR) is 57.0 cm³/mol. The summed E-state index contributed by atoms with van der Waals surface area (Å²) in [6.45, 7) is 2.99. The Balaban J connectivity index is 2.07. The van der Waals surface area contributed by atoms with Crippen LogP contribution in [0.5, 0.6) is 0 Å². The van der Waals surface area contributed by atoms with Crippen molar-refractivity contribution in [2.45, 2.75) is 25.5 Å². The van der Waals surface area contributed by atoms with Gasteiger partial charge >= 0.3 is 0 Å². The first kappa shape index (κ1) is 9.69. The smallest absolute Gasteiger partial charge is 0.0998 e. The van der Waals surface area contributed by atoms with Crippen molar-refractivity contribution in [2.75, 3.05) is 13.8 Å². The minimum atomic E-state index is 0.280. The first-order chi connectivity index (χ1) is 6.77. The van der Waals surface area contributed by atoms with Gasteiger partial charge in [0.2, 0.25) is 0 Å². The molecule has 0 amide bonds. The molecule has 2 nitrogen and oxygen atoms in total. The van der Waals surface area contributed by atoms with Crippen LogP contribution in [-0.2, 0) is 4.74 Å². The van der Waals surface area contributed by atoms with E-state index in [0.29, 0.717) is 6.04 Å². The first-order valence-electron chi connectivity index (χ1n) is 5.14. The van der Waals surface area contributed by atoms with Gasteiger partial charge in [-0.25, -0.2) is 0 Å². The maximum absolute atomic E-state index is 5.77. The number of rotatable bonds is 1. The quantitative estimate of drug-likeness (QED) is 0.676. The van der Waals surface area contributed by atoms with Gasteiger partial charge in [-0.05, 0) is 26.0 Å². The Kier molecular flexibility index (Phi) is 2.85. The van der Waals surface area contributed by atoms with Crippen molar-refractivity contribution in [3.8, 4) is 0 Å². The van der Waals surface area contributed by atoms with E-state index in [-0.39, 0.29) is 6.10 Å². The fourth-order valence-electron chi connectivity index (χ4n) is 1.79. The fraction of sp³-hybridized carbons (Fsp3) is 0.500. The molecule has 0 saturated carbocycles. The van der Waals surface area contributed by atoms with Gasteiger partial charge in [-0.1, -0.05) is 30.3 Å². The van der Waals surface area contributed by atoms with Crippen LogP contribution in [0.4, 0.5) is 0 Å². The number of benzene rings is 1. The normalized spacial score (nSPS) is 29.0. The summed E-state index contributed by atoms with van der Waals surface area (Å²) in [5.74, 6) is 0. The van der Waals surface area contributed by atoms with Crippen molar-refractivity contribution in [3.05, 3.63) is 35.9 Å². The van der Waals surface area contributed by atoms with Crippen molar-refractivity contribution in [2.24, 2.45) is 0 Å². The highest BCUT2D eigenvalue weighted by molar-refractivity contribution is 5.18. The Labute approximate surface area is 85.5 Å². The predicted octanol–water partition coefficient (Wildman–Crippen LogP) is 2.43. The lowest BCUT2D eigenvalue weighted by atomic mass is 10.0. The van der Waals surface area contributed by atoms with Crippen LogP contribution in [0.25, 0.3) is 0 Å². The highest BCUT2D eigenvalue weighted by atomic mass is 16.5. The molecular weight excluding hydrogens is 174 g/mol. The molecule has 0 bridgehead atoms. The van der Waals surface area contributed by atoms with Crippen LogP contribution in [0.15, 0.2) is 30.3 Å². The van der Waals surface area contributed by atoms with Gasteiger partial charge in [0, 0.05) is 6.04 Å². The lowest BCUT2D eigenvalue weighted by Crippen LogP contribution is -2.38. The van der Waals surface area contributed by atoms with Crippen molar-refractivity contribution in [1.82, 2.24) is 4.90 Å². The first-order valence-corrected chi connectivity index (χ1v) is 5.14. The molecule has 1 aromatic carbocycles. The van der Waals surface area contributed by atoms with Crippen molar-refractivity contribution < 1.29 is 4.74 Å². The summed E-state index contributed by atoms with van der Waals surface area (Å²) < 4.78 is 5.77. The van der Waals surface area contributed by atoms with Crippen molar-refractivity contribution >= 4 is 0 Å². The summed E-state index contributed by atoms with van der Waals surface area (Å²) in [5.41, 5.74) is 1.30. The summed E-state index contributed by atoms with van der Waals surface area (Å²) in [5, 5.41) is 0. The van der Waals surface area contributed by atoms with E-state index in [1.54, 1.807) is 0 Å². The van der Waals surface area contributed by atoms with E-state index in [1.807, 2.05) is 6.07 Å². The summed E-state index contributed by atoms with van der Waals surface area (Å²) in [7, 11) is 2.10. The topological polar surface area (TPSA) is 12.5 Å². The Morgan fingerprint density at radius 1 is 1.29 bits per heavy atom. The van der Waals surface area contributed by atoms with Gasteiger partial charge in [-0.2, -0.15) is 0 Å². The summed E-state index contributed by atoms with van der Waals surface area (Å²) in [6, 6.07) is 11.1.